The van der Waals surface area contributed by atoms with Gasteiger partial charge in [0.15, 0.2) is 0 Å². The highest BCUT2D eigenvalue weighted by atomic mass is 16.3. The van der Waals surface area contributed by atoms with Crippen LogP contribution in [0.2, 0.25) is 0 Å². The Labute approximate surface area is 135 Å². The average molecular weight is 306 g/mol. The Morgan fingerprint density at radius 3 is 2.65 bits per heavy atom. The standard InChI is InChI=1S/C19H18N2O2/c1-14-7-11-18(20-13-14)21-19(22)12-9-16-8-10-17(23-16)15-5-3-2-4-6-15/h2-8,10-11,13H,9,12H2,1H3,(H,20,21,22). The van der Waals surface area contributed by atoms with Gasteiger partial charge in [0.25, 0.3) is 0 Å². The first-order valence-corrected chi connectivity index (χ1v) is 7.57. The van der Waals surface area contributed by atoms with Gasteiger partial charge in [-0.15, -0.1) is 0 Å². The fourth-order valence-corrected chi connectivity index (χ4v) is 2.25. The van der Waals surface area contributed by atoms with Gasteiger partial charge < -0.3 is 9.73 Å². The number of carbonyl (C=O) groups is 1. The fraction of sp³-hybridized carbons (Fsp3) is 0.158. The summed E-state index contributed by atoms with van der Waals surface area (Å²) in [5, 5.41) is 2.79. The van der Waals surface area contributed by atoms with Gasteiger partial charge in [-0.3, -0.25) is 4.79 Å². The van der Waals surface area contributed by atoms with Crippen molar-refractivity contribution in [2.75, 3.05) is 5.32 Å². The molecule has 0 saturated carbocycles. The number of amides is 1. The van der Waals surface area contributed by atoms with E-state index in [1.807, 2.05) is 55.5 Å². The van der Waals surface area contributed by atoms with Gasteiger partial charge in [0.2, 0.25) is 5.91 Å². The molecule has 4 nitrogen and oxygen atoms in total. The number of aromatic nitrogens is 1. The van der Waals surface area contributed by atoms with Gasteiger partial charge in [0.05, 0.1) is 0 Å². The van der Waals surface area contributed by atoms with Gasteiger partial charge in [0.1, 0.15) is 17.3 Å². The summed E-state index contributed by atoms with van der Waals surface area (Å²) in [6, 6.07) is 17.5. The number of hydrogen-bond acceptors (Lipinski definition) is 3. The van der Waals surface area contributed by atoms with Crippen molar-refractivity contribution in [3.05, 3.63) is 72.1 Å². The van der Waals surface area contributed by atoms with Crippen molar-refractivity contribution in [3.63, 3.8) is 0 Å². The minimum absolute atomic E-state index is 0.0704. The number of aryl methyl sites for hydroxylation is 2. The molecule has 0 spiro atoms. The zero-order valence-corrected chi connectivity index (χ0v) is 13.0. The molecular formula is C19H18N2O2. The number of furan rings is 1. The van der Waals surface area contributed by atoms with Crippen LogP contribution in [0.5, 0.6) is 0 Å². The van der Waals surface area contributed by atoms with Crippen molar-refractivity contribution < 1.29 is 9.21 Å². The maximum atomic E-state index is 12.0. The van der Waals surface area contributed by atoms with Crippen LogP contribution in [0, 0.1) is 6.92 Å². The summed E-state index contributed by atoms with van der Waals surface area (Å²) in [5.74, 6) is 2.13. The van der Waals surface area contributed by atoms with Crippen LogP contribution in [0.3, 0.4) is 0 Å². The third-order valence-electron chi connectivity index (χ3n) is 3.50. The summed E-state index contributed by atoms with van der Waals surface area (Å²) in [7, 11) is 0. The summed E-state index contributed by atoms with van der Waals surface area (Å²) in [6.07, 6.45) is 2.65. The highest BCUT2D eigenvalue weighted by Crippen LogP contribution is 2.22. The Morgan fingerprint density at radius 2 is 1.91 bits per heavy atom. The molecule has 0 aliphatic heterocycles. The van der Waals surface area contributed by atoms with E-state index < -0.39 is 0 Å². The van der Waals surface area contributed by atoms with E-state index in [0.717, 1.165) is 22.6 Å². The van der Waals surface area contributed by atoms with Crippen LogP contribution in [0.15, 0.2) is 65.2 Å². The van der Waals surface area contributed by atoms with E-state index in [1.54, 1.807) is 12.3 Å². The monoisotopic (exact) mass is 306 g/mol. The van der Waals surface area contributed by atoms with E-state index in [1.165, 1.54) is 0 Å². The molecule has 1 amide bonds. The van der Waals surface area contributed by atoms with E-state index in [2.05, 4.69) is 10.3 Å². The number of benzene rings is 1. The van der Waals surface area contributed by atoms with E-state index in [-0.39, 0.29) is 5.91 Å². The fourth-order valence-electron chi connectivity index (χ4n) is 2.25. The van der Waals surface area contributed by atoms with Gasteiger partial charge in [-0.1, -0.05) is 36.4 Å². The molecule has 3 aromatic rings. The third kappa shape index (κ3) is 4.07. The first-order valence-electron chi connectivity index (χ1n) is 7.57. The number of carbonyl (C=O) groups excluding carboxylic acids is 1. The van der Waals surface area contributed by atoms with Gasteiger partial charge in [-0.2, -0.15) is 0 Å². The Bertz CT molecular complexity index is 777. The minimum Gasteiger partial charge on any atom is -0.461 e. The summed E-state index contributed by atoms with van der Waals surface area (Å²) in [4.78, 5) is 16.1. The van der Waals surface area contributed by atoms with E-state index in [0.29, 0.717) is 18.7 Å². The van der Waals surface area contributed by atoms with Crippen LogP contribution in [-0.4, -0.2) is 10.9 Å². The Hall–Kier alpha value is -2.88. The lowest BCUT2D eigenvalue weighted by Crippen LogP contribution is -2.13. The SMILES string of the molecule is Cc1ccc(NC(=O)CCc2ccc(-c3ccccc3)o2)nc1. The Kier molecular flexibility index (Phi) is 4.52. The van der Waals surface area contributed by atoms with Gasteiger partial charge in [0, 0.05) is 24.6 Å². The predicted molar refractivity (Wildman–Crippen MR) is 90.1 cm³/mol. The molecule has 0 aliphatic carbocycles. The number of nitrogens with one attached hydrogen (secondary N) is 1. The molecule has 0 aliphatic rings. The molecule has 0 unspecified atom stereocenters. The lowest BCUT2D eigenvalue weighted by atomic mass is 10.2. The number of pyridine rings is 1. The molecule has 3 rings (SSSR count). The maximum Gasteiger partial charge on any atom is 0.225 e. The molecule has 1 N–H and O–H groups in total. The van der Waals surface area contributed by atoms with Crippen molar-refractivity contribution in [2.24, 2.45) is 0 Å². The summed E-state index contributed by atoms with van der Waals surface area (Å²) < 4.78 is 5.79. The Morgan fingerprint density at radius 1 is 1.09 bits per heavy atom. The quantitative estimate of drug-likeness (QED) is 0.767. The van der Waals surface area contributed by atoms with Crippen molar-refractivity contribution in [1.29, 1.82) is 0 Å². The molecule has 0 saturated heterocycles. The lowest BCUT2D eigenvalue weighted by Gasteiger charge is -2.03. The molecule has 0 fully saturated rings. The second kappa shape index (κ2) is 6.92. The van der Waals surface area contributed by atoms with Crippen molar-refractivity contribution in [1.82, 2.24) is 4.98 Å². The number of anilines is 1. The van der Waals surface area contributed by atoms with Crippen LogP contribution >= 0.6 is 0 Å². The van der Waals surface area contributed by atoms with E-state index in [9.17, 15) is 4.79 Å². The number of nitrogens with zero attached hydrogens (tertiary/aromatic N) is 1. The van der Waals surface area contributed by atoms with Crippen molar-refractivity contribution >= 4 is 11.7 Å². The topological polar surface area (TPSA) is 55.1 Å². The van der Waals surface area contributed by atoms with Crippen LogP contribution in [0.25, 0.3) is 11.3 Å². The van der Waals surface area contributed by atoms with Crippen LogP contribution < -0.4 is 5.32 Å². The molecule has 0 atom stereocenters. The molecule has 116 valence electrons. The number of hydrogen-bond donors (Lipinski definition) is 1. The summed E-state index contributed by atoms with van der Waals surface area (Å²) >= 11 is 0. The predicted octanol–water partition coefficient (Wildman–Crippen LogP) is 4.22. The normalized spacial score (nSPS) is 10.5. The van der Waals surface area contributed by atoms with E-state index in [4.69, 9.17) is 4.42 Å². The van der Waals surface area contributed by atoms with Gasteiger partial charge in [-0.25, -0.2) is 4.98 Å². The summed E-state index contributed by atoms with van der Waals surface area (Å²) in [5.41, 5.74) is 2.10. The molecule has 0 bridgehead atoms. The van der Waals surface area contributed by atoms with Crippen molar-refractivity contribution in [2.45, 2.75) is 19.8 Å². The molecule has 2 heterocycles. The van der Waals surface area contributed by atoms with Crippen LogP contribution in [0.4, 0.5) is 5.82 Å². The Balaban J connectivity index is 1.55. The second-order valence-corrected chi connectivity index (χ2v) is 5.40. The van der Waals surface area contributed by atoms with Crippen LogP contribution in [0.1, 0.15) is 17.7 Å². The highest BCUT2D eigenvalue weighted by Gasteiger charge is 2.08. The first kappa shape index (κ1) is 15.0. The molecule has 23 heavy (non-hydrogen) atoms. The van der Waals surface area contributed by atoms with Crippen LogP contribution in [-0.2, 0) is 11.2 Å². The average Bonchev–Trinajstić information content (AvgIpc) is 3.05. The molecule has 1 aromatic carbocycles. The molecule has 4 heteroatoms. The van der Waals surface area contributed by atoms with Gasteiger partial charge in [-0.05, 0) is 30.7 Å². The lowest BCUT2D eigenvalue weighted by molar-refractivity contribution is -0.116. The van der Waals surface area contributed by atoms with Crippen molar-refractivity contribution in [3.8, 4) is 11.3 Å². The maximum absolute atomic E-state index is 12.0. The minimum atomic E-state index is -0.0704. The smallest absolute Gasteiger partial charge is 0.225 e. The molecular weight excluding hydrogens is 288 g/mol. The summed E-state index contributed by atoms with van der Waals surface area (Å²) in [6.45, 7) is 1.96. The second-order valence-electron chi connectivity index (χ2n) is 5.40. The molecule has 0 radical (unpaired) electrons. The third-order valence-corrected chi connectivity index (χ3v) is 3.50. The van der Waals surface area contributed by atoms with E-state index >= 15 is 0 Å². The largest absolute Gasteiger partial charge is 0.461 e. The zero-order valence-electron chi connectivity index (χ0n) is 13.0. The van der Waals surface area contributed by atoms with Gasteiger partial charge >= 0.3 is 0 Å². The number of rotatable bonds is 5. The first-order chi connectivity index (χ1) is 11.2. The zero-order chi connectivity index (χ0) is 16.1. The molecule has 2 aromatic heterocycles. The highest BCUT2D eigenvalue weighted by molar-refractivity contribution is 5.89.